The summed E-state index contributed by atoms with van der Waals surface area (Å²) in [5, 5.41) is 4.67. The Morgan fingerprint density at radius 2 is 1.89 bits per heavy atom. The van der Waals surface area contributed by atoms with Gasteiger partial charge in [0.15, 0.2) is 0 Å². The number of hydrogen-bond donors (Lipinski definition) is 1. The number of hydrogen-bond acceptors (Lipinski definition) is 4. The zero-order valence-electron chi connectivity index (χ0n) is 15.0. The smallest absolute Gasteiger partial charge is 0.272 e. The fourth-order valence-electron chi connectivity index (χ4n) is 2.87. The van der Waals surface area contributed by atoms with Crippen molar-refractivity contribution in [2.45, 2.75) is 6.92 Å². The minimum absolute atomic E-state index is 0.329. The third kappa shape index (κ3) is 3.66. The maximum Gasteiger partial charge on any atom is 0.272 e. The van der Waals surface area contributed by atoms with Crippen LogP contribution in [0.25, 0.3) is 22.2 Å². The molecule has 2 heterocycles. The number of amides is 1. The van der Waals surface area contributed by atoms with Crippen molar-refractivity contribution in [3.8, 4) is 11.3 Å². The summed E-state index contributed by atoms with van der Waals surface area (Å²) in [6, 6.07) is 18.6. The van der Waals surface area contributed by atoms with Gasteiger partial charge in [0.05, 0.1) is 23.0 Å². The number of rotatable bonds is 4. The number of fused-ring (bicyclic) bond motifs is 1. The molecule has 1 amide bonds. The molecule has 0 spiro atoms. The van der Waals surface area contributed by atoms with Gasteiger partial charge < -0.3 is 4.42 Å². The van der Waals surface area contributed by atoms with Crippen LogP contribution in [0.3, 0.4) is 0 Å². The van der Waals surface area contributed by atoms with Crippen molar-refractivity contribution < 1.29 is 13.6 Å². The van der Waals surface area contributed by atoms with Crippen molar-refractivity contribution in [1.29, 1.82) is 0 Å². The van der Waals surface area contributed by atoms with E-state index >= 15 is 0 Å². The lowest BCUT2D eigenvalue weighted by Gasteiger charge is -2.09. The van der Waals surface area contributed by atoms with Crippen molar-refractivity contribution in [1.82, 2.24) is 10.4 Å². The Bertz CT molecular complexity index is 1180. The van der Waals surface area contributed by atoms with Gasteiger partial charge in [-0.25, -0.2) is 14.8 Å². The van der Waals surface area contributed by atoms with Gasteiger partial charge in [0.1, 0.15) is 17.3 Å². The van der Waals surface area contributed by atoms with Crippen LogP contribution in [-0.4, -0.2) is 17.1 Å². The molecule has 5 nitrogen and oxygen atoms in total. The fraction of sp³-hybridized carbons (Fsp3) is 0.0455. The van der Waals surface area contributed by atoms with E-state index in [9.17, 15) is 9.18 Å². The van der Waals surface area contributed by atoms with Crippen LogP contribution in [0.5, 0.6) is 0 Å². The highest BCUT2D eigenvalue weighted by molar-refractivity contribution is 6.07. The van der Waals surface area contributed by atoms with E-state index in [0.717, 1.165) is 11.3 Å². The van der Waals surface area contributed by atoms with E-state index in [-0.39, 0.29) is 11.7 Å². The SMILES string of the molecule is Cc1ccc(/C=N\NC(=O)c2cc(-c3ccc(F)cc3)nc3ccccc23)o1. The highest BCUT2D eigenvalue weighted by atomic mass is 19.1. The molecule has 0 radical (unpaired) electrons. The first-order valence-corrected chi connectivity index (χ1v) is 8.66. The summed E-state index contributed by atoms with van der Waals surface area (Å²) in [4.78, 5) is 17.3. The maximum atomic E-state index is 13.2. The van der Waals surface area contributed by atoms with Crippen LogP contribution in [-0.2, 0) is 0 Å². The van der Waals surface area contributed by atoms with Crippen LogP contribution in [0.1, 0.15) is 21.9 Å². The van der Waals surface area contributed by atoms with Crippen molar-refractivity contribution in [3.63, 3.8) is 0 Å². The molecule has 0 unspecified atom stereocenters. The minimum Gasteiger partial charge on any atom is -0.460 e. The molecule has 0 bridgehead atoms. The lowest BCUT2D eigenvalue weighted by atomic mass is 10.0. The quantitative estimate of drug-likeness (QED) is 0.416. The molecule has 0 atom stereocenters. The second-order valence-corrected chi connectivity index (χ2v) is 6.23. The number of furan rings is 1. The molecule has 1 N–H and O–H groups in total. The van der Waals surface area contributed by atoms with Gasteiger partial charge in [-0.2, -0.15) is 5.10 Å². The van der Waals surface area contributed by atoms with Crippen LogP contribution >= 0.6 is 0 Å². The molecule has 0 aliphatic carbocycles. The van der Waals surface area contributed by atoms with Gasteiger partial charge in [0.25, 0.3) is 5.91 Å². The van der Waals surface area contributed by atoms with Crippen LogP contribution < -0.4 is 5.43 Å². The largest absolute Gasteiger partial charge is 0.460 e. The summed E-state index contributed by atoms with van der Waals surface area (Å²) in [5.74, 6) is 0.604. The average Bonchev–Trinajstić information content (AvgIpc) is 3.12. The maximum absolute atomic E-state index is 13.2. The first-order valence-electron chi connectivity index (χ1n) is 8.66. The van der Waals surface area contributed by atoms with Crippen molar-refractivity contribution in [2.75, 3.05) is 0 Å². The predicted octanol–water partition coefficient (Wildman–Crippen LogP) is 4.71. The first kappa shape index (κ1) is 17.6. The van der Waals surface area contributed by atoms with Crippen molar-refractivity contribution >= 4 is 23.0 Å². The monoisotopic (exact) mass is 373 g/mol. The van der Waals surface area contributed by atoms with Gasteiger partial charge in [0.2, 0.25) is 0 Å². The molecule has 6 heteroatoms. The van der Waals surface area contributed by atoms with Gasteiger partial charge in [-0.1, -0.05) is 18.2 Å². The predicted molar refractivity (Wildman–Crippen MR) is 106 cm³/mol. The summed E-state index contributed by atoms with van der Waals surface area (Å²) in [5.41, 5.74) is 4.91. The summed E-state index contributed by atoms with van der Waals surface area (Å²) in [6.45, 7) is 1.83. The van der Waals surface area contributed by atoms with E-state index in [1.807, 2.05) is 37.3 Å². The Kier molecular flexibility index (Phi) is 4.68. The number of nitrogens with one attached hydrogen (secondary N) is 1. The number of para-hydroxylation sites is 1. The number of aryl methyl sites for hydroxylation is 1. The van der Waals surface area contributed by atoms with Crippen LogP contribution in [0.4, 0.5) is 4.39 Å². The number of aromatic nitrogens is 1. The van der Waals surface area contributed by atoms with E-state index in [4.69, 9.17) is 4.42 Å². The van der Waals surface area contributed by atoms with E-state index < -0.39 is 0 Å². The lowest BCUT2D eigenvalue weighted by Crippen LogP contribution is -2.18. The highest BCUT2D eigenvalue weighted by Gasteiger charge is 2.13. The molecule has 4 aromatic rings. The molecule has 2 aromatic heterocycles. The lowest BCUT2D eigenvalue weighted by molar-refractivity contribution is 0.0956. The Hall–Kier alpha value is -3.80. The average molecular weight is 373 g/mol. The zero-order chi connectivity index (χ0) is 19.5. The van der Waals surface area contributed by atoms with Gasteiger partial charge in [-0.05, 0) is 55.5 Å². The first-order chi connectivity index (χ1) is 13.6. The Morgan fingerprint density at radius 1 is 1.11 bits per heavy atom. The Morgan fingerprint density at radius 3 is 2.64 bits per heavy atom. The van der Waals surface area contributed by atoms with E-state index in [1.54, 1.807) is 24.3 Å². The van der Waals surface area contributed by atoms with Gasteiger partial charge in [-0.3, -0.25) is 4.79 Å². The second kappa shape index (κ2) is 7.44. The summed E-state index contributed by atoms with van der Waals surface area (Å²) in [7, 11) is 0. The van der Waals surface area contributed by atoms with Crippen LogP contribution in [0.2, 0.25) is 0 Å². The van der Waals surface area contributed by atoms with Crippen LogP contribution in [0.15, 0.2) is 76.2 Å². The number of nitrogens with zero attached hydrogens (tertiary/aromatic N) is 2. The van der Waals surface area contributed by atoms with Crippen molar-refractivity contribution in [3.05, 3.63) is 89.6 Å². The van der Waals surface area contributed by atoms with Crippen LogP contribution in [0, 0.1) is 12.7 Å². The standard InChI is InChI=1S/C22H16FN3O2/c1-14-6-11-17(28-14)13-24-26-22(27)19-12-21(15-7-9-16(23)10-8-15)25-20-5-3-2-4-18(19)20/h2-13H,1H3,(H,26,27)/b24-13-. The minimum atomic E-state index is -0.374. The molecule has 0 aliphatic rings. The third-order valence-electron chi connectivity index (χ3n) is 4.22. The molecule has 0 fully saturated rings. The zero-order valence-corrected chi connectivity index (χ0v) is 15.0. The second-order valence-electron chi connectivity index (χ2n) is 6.23. The molecule has 138 valence electrons. The highest BCUT2D eigenvalue weighted by Crippen LogP contribution is 2.25. The van der Waals surface area contributed by atoms with E-state index in [0.29, 0.717) is 27.9 Å². The number of hydrazone groups is 1. The molecule has 0 saturated heterocycles. The molecule has 0 saturated carbocycles. The number of benzene rings is 2. The Labute approximate surface area is 160 Å². The number of halogens is 1. The Balaban J connectivity index is 1.69. The summed E-state index contributed by atoms with van der Waals surface area (Å²) >= 11 is 0. The summed E-state index contributed by atoms with van der Waals surface area (Å²) < 4.78 is 18.6. The fourth-order valence-corrected chi connectivity index (χ4v) is 2.87. The summed E-state index contributed by atoms with van der Waals surface area (Å²) in [6.07, 6.45) is 1.44. The molecular formula is C22H16FN3O2. The molecule has 2 aromatic carbocycles. The molecule has 0 aliphatic heterocycles. The van der Waals surface area contributed by atoms with E-state index in [1.165, 1.54) is 18.3 Å². The topological polar surface area (TPSA) is 67.5 Å². The van der Waals surface area contributed by atoms with Gasteiger partial charge >= 0.3 is 0 Å². The number of carbonyl (C=O) groups excluding carboxylic acids is 1. The molecule has 28 heavy (non-hydrogen) atoms. The number of carbonyl (C=O) groups is 1. The van der Waals surface area contributed by atoms with E-state index in [2.05, 4.69) is 15.5 Å². The van der Waals surface area contributed by atoms with Gasteiger partial charge in [0, 0.05) is 10.9 Å². The normalized spacial score (nSPS) is 11.2. The third-order valence-corrected chi connectivity index (χ3v) is 4.22. The van der Waals surface area contributed by atoms with Crippen molar-refractivity contribution in [2.24, 2.45) is 5.10 Å². The molecular weight excluding hydrogens is 357 g/mol. The van der Waals surface area contributed by atoms with Gasteiger partial charge in [-0.15, -0.1) is 0 Å². The number of pyridine rings is 1. The molecule has 4 rings (SSSR count).